The maximum atomic E-state index is 12.6. The van der Waals surface area contributed by atoms with Gasteiger partial charge >= 0.3 is 19.8 Å². The first-order chi connectivity index (χ1) is 31.3. The molecule has 0 aromatic carbocycles. The van der Waals surface area contributed by atoms with E-state index in [1.54, 1.807) is 6.08 Å². The van der Waals surface area contributed by atoms with Crippen LogP contribution in [0.5, 0.6) is 0 Å². The van der Waals surface area contributed by atoms with Gasteiger partial charge in [0.15, 0.2) is 6.10 Å². The molecule has 0 aliphatic rings. The Hall–Kier alpha value is -2.29. The quantitative estimate of drug-likeness (QED) is 0.0265. The van der Waals surface area contributed by atoms with E-state index in [2.05, 4.69) is 56.4 Å². The third-order valence-corrected chi connectivity index (χ3v) is 12.2. The van der Waals surface area contributed by atoms with Crippen LogP contribution in [0.25, 0.3) is 0 Å². The molecule has 2 atom stereocenters. The van der Waals surface area contributed by atoms with E-state index in [0.29, 0.717) is 6.42 Å². The van der Waals surface area contributed by atoms with Crippen LogP contribution < -0.4 is 5.73 Å². The van der Waals surface area contributed by atoms with E-state index < -0.39 is 32.5 Å². The molecule has 0 rings (SSSR count). The number of allylic oxidation sites excluding steroid dienone is 9. The maximum absolute atomic E-state index is 12.6. The summed E-state index contributed by atoms with van der Waals surface area (Å²) in [6.07, 6.45) is 61.8. The third kappa shape index (κ3) is 49.2. The number of hydrogen-bond acceptors (Lipinski definition) is 8. The first kappa shape index (κ1) is 61.7. The highest BCUT2D eigenvalue weighted by Crippen LogP contribution is 2.43. The zero-order valence-corrected chi connectivity index (χ0v) is 42.2. The van der Waals surface area contributed by atoms with Gasteiger partial charge in [-0.05, 0) is 38.5 Å². The molecule has 0 aliphatic heterocycles. The summed E-state index contributed by atoms with van der Waals surface area (Å²) in [5.41, 5.74) is 5.35. The van der Waals surface area contributed by atoms with E-state index in [1.807, 2.05) is 12.2 Å². The van der Waals surface area contributed by atoms with Crippen molar-refractivity contribution in [1.29, 1.82) is 0 Å². The van der Waals surface area contributed by atoms with Gasteiger partial charge in [-0.1, -0.05) is 248 Å². The fourth-order valence-electron chi connectivity index (χ4n) is 7.36. The number of phosphoric acid groups is 1. The number of ether oxygens (including phenoxy) is 2. The summed E-state index contributed by atoms with van der Waals surface area (Å²) in [6, 6.07) is 0. The summed E-state index contributed by atoms with van der Waals surface area (Å²) >= 11 is 0. The standard InChI is InChI=1S/C54H98NO8P/c1-3-5-7-9-11-13-15-17-19-20-21-22-23-24-25-26-27-28-29-30-31-33-34-36-38-40-42-44-46-53(56)60-50-52(51-62-64(58,59)61-49-48-55)63-54(57)47-45-43-41-39-37-35-32-18-16-14-12-10-8-6-4-2/h6,8,12,14,18,32,37,39,43,45,52H,3-5,7,9-11,13,15-17,19-31,33-36,38,40-42,44,46-51,55H2,1-2H3,(H,58,59)/b8-6-,14-12-,32-18-,39-37-,45-43-. The van der Waals surface area contributed by atoms with E-state index >= 15 is 0 Å². The van der Waals surface area contributed by atoms with Gasteiger partial charge in [0.2, 0.25) is 0 Å². The Kier molecular flexibility index (Phi) is 48.3. The molecular formula is C54H98NO8P. The molecule has 0 spiro atoms. The molecule has 0 aromatic heterocycles. The van der Waals surface area contributed by atoms with Crippen molar-refractivity contribution in [2.24, 2.45) is 5.73 Å². The summed E-state index contributed by atoms with van der Waals surface area (Å²) in [5.74, 6) is -0.970. The van der Waals surface area contributed by atoms with Crippen LogP contribution in [0.3, 0.4) is 0 Å². The molecule has 0 saturated carbocycles. The van der Waals surface area contributed by atoms with Crippen LogP contribution in [-0.4, -0.2) is 49.3 Å². The monoisotopic (exact) mass is 920 g/mol. The SMILES string of the molecule is CC/C=C\C/C=C\C/C=C\C/C=C\C/C=C\CC(=O)OC(COC(=O)CCCCCCCCCCCCCCCCCCCCCCCCCCCCCC)COP(=O)(O)OCCN. The minimum Gasteiger partial charge on any atom is -0.462 e. The second kappa shape index (κ2) is 50.1. The van der Waals surface area contributed by atoms with Crippen LogP contribution in [0.15, 0.2) is 60.8 Å². The Morgan fingerprint density at radius 3 is 1.22 bits per heavy atom. The van der Waals surface area contributed by atoms with Gasteiger partial charge in [-0.3, -0.25) is 18.6 Å². The molecule has 0 bridgehead atoms. The molecule has 0 fully saturated rings. The minimum atomic E-state index is -4.41. The first-order valence-electron chi connectivity index (χ1n) is 26.3. The lowest BCUT2D eigenvalue weighted by Crippen LogP contribution is -2.29. The number of unbranched alkanes of at least 4 members (excludes halogenated alkanes) is 27. The molecule has 2 unspecified atom stereocenters. The molecule has 64 heavy (non-hydrogen) atoms. The summed E-state index contributed by atoms with van der Waals surface area (Å²) in [6.45, 7) is 3.53. The highest BCUT2D eigenvalue weighted by Gasteiger charge is 2.25. The highest BCUT2D eigenvalue weighted by molar-refractivity contribution is 7.47. The lowest BCUT2D eigenvalue weighted by Gasteiger charge is -2.19. The second-order valence-corrected chi connectivity index (χ2v) is 18.8. The average Bonchev–Trinajstić information content (AvgIpc) is 3.28. The van der Waals surface area contributed by atoms with Gasteiger partial charge in [-0.25, -0.2) is 4.57 Å². The third-order valence-electron chi connectivity index (χ3n) is 11.2. The highest BCUT2D eigenvalue weighted by atomic mass is 31.2. The smallest absolute Gasteiger partial charge is 0.462 e. The predicted octanol–water partition coefficient (Wildman–Crippen LogP) is 16.0. The van der Waals surface area contributed by atoms with Crippen LogP contribution in [0, 0.1) is 0 Å². The molecule has 0 aromatic rings. The largest absolute Gasteiger partial charge is 0.472 e. The van der Waals surface area contributed by atoms with Gasteiger partial charge in [-0.15, -0.1) is 0 Å². The number of carbonyl (C=O) groups excluding carboxylic acids is 2. The van der Waals surface area contributed by atoms with Crippen molar-refractivity contribution >= 4 is 19.8 Å². The number of carbonyl (C=O) groups is 2. The Morgan fingerprint density at radius 1 is 0.484 bits per heavy atom. The van der Waals surface area contributed by atoms with Crippen molar-refractivity contribution in [2.75, 3.05) is 26.4 Å². The molecule has 0 saturated heterocycles. The van der Waals surface area contributed by atoms with Gasteiger partial charge in [0, 0.05) is 13.0 Å². The van der Waals surface area contributed by atoms with Crippen molar-refractivity contribution in [1.82, 2.24) is 0 Å². The van der Waals surface area contributed by atoms with Crippen LogP contribution in [0.1, 0.15) is 239 Å². The molecule has 0 radical (unpaired) electrons. The van der Waals surface area contributed by atoms with Crippen molar-refractivity contribution in [3.05, 3.63) is 60.8 Å². The van der Waals surface area contributed by atoms with Crippen molar-refractivity contribution < 1.29 is 37.6 Å². The van der Waals surface area contributed by atoms with E-state index in [1.165, 1.54) is 161 Å². The molecule has 0 heterocycles. The summed E-state index contributed by atoms with van der Waals surface area (Å²) < 4.78 is 32.7. The predicted molar refractivity (Wildman–Crippen MR) is 270 cm³/mol. The van der Waals surface area contributed by atoms with E-state index in [9.17, 15) is 19.0 Å². The number of esters is 2. The fraction of sp³-hybridized carbons (Fsp3) is 0.778. The topological polar surface area (TPSA) is 134 Å². The van der Waals surface area contributed by atoms with Gasteiger partial charge in [0.25, 0.3) is 0 Å². The summed E-state index contributed by atoms with van der Waals surface area (Å²) in [7, 11) is -4.41. The molecule has 372 valence electrons. The minimum absolute atomic E-state index is 0.00192. The van der Waals surface area contributed by atoms with E-state index in [-0.39, 0.29) is 32.6 Å². The number of phosphoric ester groups is 1. The van der Waals surface area contributed by atoms with E-state index in [0.717, 1.165) is 44.9 Å². The molecule has 0 amide bonds. The van der Waals surface area contributed by atoms with E-state index in [4.69, 9.17) is 24.3 Å². The summed E-state index contributed by atoms with van der Waals surface area (Å²) in [5, 5.41) is 0. The fourth-order valence-corrected chi connectivity index (χ4v) is 8.13. The second-order valence-electron chi connectivity index (χ2n) is 17.4. The van der Waals surface area contributed by atoms with Crippen LogP contribution in [-0.2, 0) is 32.7 Å². The van der Waals surface area contributed by atoms with Crippen molar-refractivity contribution in [3.63, 3.8) is 0 Å². The van der Waals surface area contributed by atoms with Gasteiger partial charge < -0.3 is 20.1 Å². The van der Waals surface area contributed by atoms with Crippen LogP contribution >= 0.6 is 7.82 Å². The van der Waals surface area contributed by atoms with Crippen molar-refractivity contribution in [3.8, 4) is 0 Å². The first-order valence-corrected chi connectivity index (χ1v) is 27.8. The van der Waals surface area contributed by atoms with Gasteiger partial charge in [0.05, 0.1) is 19.6 Å². The molecule has 10 heteroatoms. The lowest BCUT2D eigenvalue weighted by atomic mass is 10.0. The van der Waals surface area contributed by atoms with Crippen LogP contribution in [0.4, 0.5) is 0 Å². The molecule has 0 aliphatic carbocycles. The summed E-state index contributed by atoms with van der Waals surface area (Å²) in [4.78, 5) is 34.9. The number of rotatable bonds is 49. The van der Waals surface area contributed by atoms with Crippen molar-refractivity contribution in [2.45, 2.75) is 245 Å². The van der Waals surface area contributed by atoms with Crippen LogP contribution in [0.2, 0.25) is 0 Å². The maximum Gasteiger partial charge on any atom is 0.472 e. The molecule has 3 N–H and O–H groups in total. The Labute approximate surface area is 393 Å². The zero-order chi connectivity index (χ0) is 46.7. The van der Waals surface area contributed by atoms with Gasteiger partial charge in [-0.2, -0.15) is 0 Å². The molecular weight excluding hydrogens is 822 g/mol. The Morgan fingerprint density at radius 2 is 0.844 bits per heavy atom. The zero-order valence-electron chi connectivity index (χ0n) is 41.3. The normalized spacial score (nSPS) is 13.6. The number of hydrogen-bond donors (Lipinski definition) is 2. The number of nitrogens with two attached hydrogens (primary N) is 1. The lowest BCUT2D eigenvalue weighted by molar-refractivity contribution is -0.160. The average molecular weight is 920 g/mol. The Balaban J connectivity index is 3.98. The Bertz CT molecular complexity index is 1230. The van der Waals surface area contributed by atoms with Gasteiger partial charge in [0.1, 0.15) is 6.61 Å². The molecule has 9 nitrogen and oxygen atoms in total.